The largest absolute Gasteiger partial charge is 0.462 e. The van der Waals surface area contributed by atoms with Gasteiger partial charge in [-0.05, 0) is 70.6 Å². The minimum Gasteiger partial charge on any atom is -0.462 e. The van der Waals surface area contributed by atoms with Crippen LogP contribution in [0.2, 0.25) is 0 Å². The van der Waals surface area contributed by atoms with Gasteiger partial charge in [-0.2, -0.15) is 0 Å². The van der Waals surface area contributed by atoms with Gasteiger partial charge in [0, 0.05) is 12.8 Å². The van der Waals surface area contributed by atoms with Crippen molar-refractivity contribution in [3.63, 3.8) is 0 Å². The predicted molar refractivity (Wildman–Crippen MR) is 228 cm³/mol. The molecule has 0 saturated heterocycles. The van der Waals surface area contributed by atoms with Crippen molar-refractivity contribution in [1.82, 2.24) is 0 Å². The van der Waals surface area contributed by atoms with Crippen molar-refractivity contribution >= 4 is 17.9 Å². The molecule has 0 amide bonds. The highest BCUT2D eigenvalue weighted by Crippen LogP contribution is 2.12. The second-order valence-corrected chi connectivity index (χ2v) is 14.2. The van der Waals surface area contributed by atoms with Crippen LogP contribution in [0.5, 0.6) is 0 Å². The number of allylic oxidation sites excluding steroid dienone is 11. The van der Waals surface area contributed by atoms with Gasteiger partial charge in [0.2, 0.25) is 0 Å². The van der Waals surface area contributed by atoms with Gasteiger partial charge < -0.3 is 14.2 Å². The molecule has 0 aliphatic carbocycles. The maximum atomic E-state index is 12.7. The Hall–Kier alpha value is -3.15. The smallest absolute Gasteiger partial charge is 0.309 e. The van der Waals surface area contributed by atoms with Crippen LogP contribution in [0.4, 0.5) is 0 Å². The molecule has 0 aromatic heterocycles. The molecule has 0 rings (SSSR count). The molecule has 308 valence electrons. The highest BCUT2D eigenvalue weighted by molar-refractivity contribution is 5.72. The molecule has 0 aromatic rings. The molecule has 0 heterocycles. The molecule has 0 bridgehead atoms. The van der Waals surface area contributed by atoms with Gasteiger partial charge in [-0.3, -0.25) is 14.4 Å². The van der Waals surface area contributed by atoms with E-state index in [1.807, 2.05) is 6.08 Å². The summed E-state index contributed by atoms with van der Waals surface area (Å²) in [6.45, 7) is 6.35. The van der Waals surface area contributed by atoms with Crippen molar-refractivity contribution < 1.29 is 28.6 Å². The van der Waals surface area contributed by atoms with E-state index in [1.54, 1.807) is 6.08 Å². The van der Waals surface area contributed by atoms with Gasteiger partial charge in [0.25, 0.3) is 0 Å². The van der Waals surface area contributed by atoms with Crippen LogP contribution in [-0.2, 0) is 28.6 Å². The van der Waals surface area contributed by atoms with Gasteiger partial charge in [0.15, 0.2) is 6.10 Å². The Morgan fingerprint density at radius 1 is 0.407 bits per heavy atom. The Morgan fingerprint density at radius 3 is 1.30 bits per heavy atom. The molecule has 0 radical (unpaired) electrons. The van der Waals surface area contributed by atoms with Gasteiger partial charge in [-0.25, -0.2) is 0 Å². The van der Waals surface area contributed by atoms with Crippen molar-refractivity contribution in [2.24, 2.45) is 0 Å². The van der Waals surface area contributed by atoms with E-state index in [4.69, 9.17) is 14.2 Å². The van der Waals surface area contributed by atoms with Crippen molar-refractivity contribution in [2.45, 2.75) is 200 Å². The Morgan fingerprint density at radius 2 is 0.796 bits per heavy atom. The Kier molecular flexibility index (Phi) is 40.1. The van der Waals surface area contributed by atoms with Crippen LogP contribution in [-0.4, -0.2) is 37.2 Å². The molecule has 0 aliphatic rings. The zero-order valence-electron chi connectivity index (χ0n) is 35.0. The summed E-state index contributed by atoms with van der Waals surface area (Å²) >= 11 is 0. The fourth-order valence-corrected chi connectivity index (χ4v) is 5.68. The van der Waals surface area contributed by atoms with Crippen LogP contribution >= 0.6 is 0 Å². The highest BCUT2D eigenvalue weighted by Gasteiger charge is 2.19. The first kappa shape index (κ1) is 50.9. The molecule has 1 atom stereocenters. The summed E-state index contributed by atoms with van der Waals surface area (Å²) < 4.78 is 16.5. The Bertz CT molecular complexity index is 1050. The average molecular weight is 753 g/mol. The summed E-state index contributed by atoms with van der Waals surface area (Å²) in [5.41, 5.74) is 0. The molecule has 0 aliphatic heterocycles. The van der Waals surface area contributed by atoms with E-state index in [0.717, 1.165) is 83.5 Å². The lowest BCUT2D eigenvalue weighted by molar-refractivity contribution is -0.166. The maximum absolute atomic E-state index is 12.7. The van der Waals surface area contributed by atoms with Crippen molar-refractivity contribution in [3.8, 4) is 0 Å². The number of hydrogen-bond donors (Lipinski definition) is 0. The summed E-state index contributed by atoms with van der Waals surface area (Å²) in [5, 5.41) is 0. The lowest BCUT2D eigenvalue weighted by Gasteiger charge is -2.18. The molecular weight excluding hydrogens is 673 g/mol. The van der Waals surface area contributed by atoms with Crippen LogP contribution < -0.4 is 0 Å². The minimum atomic E-state index is -0.814. The second kappa shape index (κ2) is 42.6. The summed E-state index contributed by atoms with van der Waals surface area (Å²) in [6.07, 6.45) is 52.0. The number of hydrogen-bond acceptors (Lipinski definition) is 6. The summed E-state index contributed by atoms with van der Waals surface area (Å²) in [4.78, 5) is 37.5. The summed E-state index contributed by atoms with van der Waals surface area (Å²) in [5.74, 6) is -1.06. The van der Waals surface area contributed by atoms with Crippen LogP contribution in [0.1, 0.15) is 194 Å². The van der Waals surface area contributed by atoms with Gasteiger partial charge in [-0.15, -0.1) is 0 Å². The summed E-state index contributed by atoms with van der Waals surface area (Å²) in [7, 11) is 0. The Balaban J connectivity index is 4.51. The fourth-order valence-electron chi connectivity index (χ4n) is 5.68. The first-order valence-electron chi connectivity index (χ1n) is 21.9. The third-order valence-electron chi connectivity index (χ3n) is 8.98. The number of carbonyl (C=O) groups excluding carboxylic acids is 3. The molecule has 1 unspecified atom stereocenters. The molecule has 0 N–H and O–H groups in total. The predicted octanol–water partition coefficient (Wildman–Crippen LogP) is 13.9. The first-order valence-corrected chi connectivity index (χ1v) is 21.9. The van der Waals surface area contributed by atoms with Crippen molar-refractivity contribution in [3.05, 3.63) is 72.9 Å². The molecule has 0 saturated carbocycles. The zero-order valence-corrected chi connectivity index (χ0v) is 35.0. The first-order chi connectivity index (χ1) is 26.5. The Labute approximate surface area is 332 Å². The van der Waals surface area contributed by atoms with E-state index < -0.39 is 12.1 Å². The third kappa shape index (κ3) is 40.0. The quantitative estimate of drug-likeness (QED) is 0.0270. The van der Waals surface area contributed by atoms with E-state index in [2.05, 4.69) is 81.5 Å². The van der Waals surface area contributed by atoms with Crippen LogP contribution in [0.25, 0.3) is 0 Å². The maximum Gasteiger partial charge on any atom is 0.309 e. The fraction of sp³-hybridized carbons (Fsp3) is 0.688. The second-order valence-electron chi connectivity index (χ2n) is 14.2. The topological polar surface area (TPSA) is 78.9 Å². The standard InChI is InChI=1S/C48H80O6/c1-4-7-10-13-16-19-21-23-24-26-27-29-32-35-38-41-47(50)53-44-45(43-52-46(49)40-37-34-31-18-15-12-9-6-3)54-48(51)42-39-36-33-30-28-25-22-20-17-14-11-8-5-2/h7,10,16,19-20,22-24,27,29,35,38,45H,4-6,8-9,11-15,17-18,21,25-26,28,30-34,36-37,39-44H2,1-3H3/b10-7-,19-16-,22-20-,24-23-,29-27-,38-35-. The molecule has 0 fully saturated rings. The molecule has 6 heteroatoms. The molecule has 0 aromatic carbocycles. The van der Waals surface area contributed by atoms with E-state index in [9.17, 15) is 14.4 Å². The number of unbranched alkanes of at least 4 members (excludes halogenated alkanes) is 16. The van der Waals surface area contributed by atoms with Gasteiger partial charge in [0.1, 0.15) is 13.2 Å². The van der Waals surface area contributed by atoms with E-state index >= 15 is 0 Å². The van der Waals surface area contributed by atoms with Crippen LogP contribution in [0.15, 0.2) is 72.9 Å². The van der Waals surface area contributed by atoms with E-state index in [-0.39, 0.29) is 31.6 Å². The third-order valence-corrected chi connectivity index (χ3v) is 8.98. The van der Waals surface area contributed by atoms with Gasteiger partial charge in [0.05, 0.1) is 6.42 Å². The minimum absolute atomic E-state index is 0.108. The zero-order chi connectivity index (χ0) is 39.4. The number of ether oxygens (including phenoxy) is 3. The lowest BCUT2D eigenvalue weighted by Crippen LogP contribution is -2.30. The normalized spacial score (nSPS) is 12.7. The van der Waals surface area contributed by atoms with Crippen molar-refractivity contribution in [2.75, 3.05) is 13.2 Å². The van der Waals surface area contributed by atoms with Crippen LogP contribution in [0.3, 0.4) is 0 Å². The van der Waals surface area contributed by atoms with E-state index in [0.29, 0.717) is 12.8 Å². The van der Waals surface area contributed by atoms with Crippen molar-refractivity contribution in [1.29, 1.82) is 0 Å². The molecular formula is C48H80O6. The number of esters is 3. The monoisotopic (exact) mass is 753 g/mol. The van der Waals surface area contributed by atoms with E-state index in [1.165, 1.54) is 70.6 Å². The molecule has 54 heavy (non-hydrogen) atoms. The molecule has 6 nitrogen and oxygen atoms in total. The summed E-state index contributed by atoms with van der Waals surface area (Å²) in [6, 6.07) is 0. The highest BCUT2D eigenvalue weighted by atomic mass is 16.6. The molecule has 0 spiro atoms. The lowest BCUT2D eigenvalue weighted by atomic mass is 10.1. The average Bonchev–Trinajstić information content (AvgIpc) is 3.17. The van der Waals surface area contributed by atoms with Gasteiger partial charge >= 0.3 is 17.9 Å². The SMILES string of the molecule is CC/C=C\C/C=C\C/C=C\C/C=C\C/C=C\CC(=O)OCC(COC(=O)CCCCCCCCCC)OC(=O)CCCCCCC/C=C\CCCCCC. The van der Waals surface area contributed by atoms with Crippen LogP contribution in [0, 0.1) is 0 Å². The number of rotatable bonds is 38. The van der Waals surface area contributed by atoms with Gasteiger partial charge in [-0.1, -0.05) is 177 Å². The number of carbonyl (C=O) groups is 3.